The summed E-state index contributed by atoms with van der Waals surface area (Å²) in [6.07, 6.45) is 1.28. The Labute approximate surface area is 114 Å². The van der Waals surface area contributed by atoms with Crippen molar-refractivity contribution in [3.05, 3.63) is 0 Å². The summed E-state index contributed by atoms with van der Waals surface area (Å²) in [5, 5.41) is 6.36. The maximum atomic E-state index is 12.2. The minimum Gasteiger partial charge on any atom is -0.350 e. The minimum absolute atomic E-state index is 0.0784. The van der Waals surface area contributed by atoms with Gasteiger partial charge in [0.1, 0.15) is 0 Å². The van der Waals surface area contributed by atoms with Crippen LogP contribution in [0.1, 0.15) is 19.8 Å². The molecular weight excluding hydrogens is 244 g/mol. The van der Waals surface area contributed by atoms with Gasteiger partial charge in [-0.05, 0) is 13.3 Å². The maximum Gasteiger partial charge on any atom is 0.237 e. The molecule has 0 bridgehead atoms. The zero-order valence-electron chi connectivity index (χ0n) is 11.8. The molecule has 0 radical (unpaired) electrons. The first-order valence-electron chi connectivity index (χ1n) is 7.07. The first kappa shape index (κ1) is 14.3. The number of hydrogen-bond donors (Lipinski definition) is 2. The summed E-state index contributed by atoms with van der Waals surface area (Å²) in [7, 11) is 1.79. The number of nitrogens with zero attached hydrogens (tertiary/aromatic N) is 2. The summed E-state index contributed by atoms with van der Waals surface area (Å²) in [5.41, 5.74) is 0. The van der Waals surface area contributed by atoms with E-state index in [0.29, 0.717) is 13.0 Å². The lowest BCUT2D eigenvalue weighted by Crippen LogP contribution is -2.56. The summed E-state index contributed by atoms with van der Waals surface area (Å²) < 4.78 is 0. The predicted molar refractivity (Wildman–Crippen MR) is 72.7 cm³/mol. The second-order valence-electron chi connectivity index (χ2n) is 5.48. The van der Waals surface area contributed by atoms with Crippen LogP contribution in [0, 0.1) is 0 Å². The number of likely N-dealkylation sites (N-methyl/N-ethyl adjacent to an activating group) is 1. The van der Waals surface area contributed by atoms with Crippen LogP contribution in [0.15, 0.2) is 0 Å². The molecule has 2 unspecified atom stereocenters. The molecule has 0 aromatic carbocycles. The zero-order valence-corrected chi connectivity index (χ0v) is 11.8. The highest BCUT2D eigenvalue weighted by atomic mass is 16.2. The van der Waals surface area contributed by atoms with Gasteiger partial charge < -0.3 is 15.5 Å². The van der Waals surface area contributed by atoms with Crippen LogP contribution >= 0.6 is 0 Å². The molecule has 2 heterocycles. The Morgan fingerprint density at radius 2 is 2.11 bits per heavy atom. The molecule has 2 atom stereocenters. The van der Waals surface area contributed by atoms with E-state index in [4.69, 9.17) is 0 Å². The SMILES string of the molecule is CC(C(=O)NC1CCC(=O)N(C)C1)N1CCNCC1. The first-order chi connectivity index (χ1) is 9.08. The second kappa shape index (κ2) is 6.34. The van der Waals surface area contributed by atoms with E-state index in [2.05, 4.69) is 15.5 Å². The smallest absolute Gasteiger partial charge is 0.237 e. The third-order valence-corrected chi connectivity index (χ3v) is 4.05. The van der Waals surface area contributed by atoms with Gasteiger partial charge in [-0.25, -0.2) is 0 Å². The fraction of sp³-hybridized carbons (Fsp3) is 0.846. The molecule has 2 aliphatic rings. The quantitative estimate of drug-likeness (QED) is 0.690. The highest BCUT2D eigenvalue weighted by Crippen LogP contribution is 2.10. The van der Waals surface area contributed by atoms with E-state index in [1.807, 2.05) is 6.92 Å². The molecule has 6 nitrogen and oxygen atoms in total. The van der Waals surface area contributed by atoms with Gasteiger partial charge in [0, 0.05) is 52.2 Å². The molecule has 108 valence electrons. The molecule has 0 aliphatic carbocycles. The van der Waals surface area contributed by atoms with Gasteiger partial charge >= 0.3 is 0 Å². The van der Waals surface area contributed by atoms with Gasteiger partial charge in [0.15, 0.2) is 0 Å². The number of likely N-dealkylation sites (tertiary alicyclic amines) is 1. The fourth-order valence-electron chi connectivity index (χ4n) is 2.69. The predicted octanol–water partition coefficient (Wildman–Crippen LogP) is -0.983. The van der Waals surface area contributed by atoms with Crippen molar-refractivity contribution in [1.29, 1.82) is 0 Å². The Morgan fingerprint density at radius 3 is 2.74 bits per heavy atom. The molecule has 0 aromatic heterocycles. The molecular formula is C13H24N4O2. The fourth-order valence-corrected chi connectivity index (χ4v) is 2.69. The lowest BCUT2D eigenvalue weighted by molar-refractivity contribution is -0.134. The Hall–Kier alpha value is -1.14. The number of hydrogen-bond acceptors (Lipinski definition) is 4. The van der Waals surface area contributed by atoms with Crippen molar-refractivity contribution in [2.75, 3.05) is 39.8 Å². The minimum atomic E-state index is -0.0926. The number of amides is 2. The molecule has 0 spiro atoms. The molecule has 0 saturated carbocycles. The summed E-state index contributed by atoms with van der Waals surface area (Å²) >= 11 is 0. The van der Waals surface area contributed by atoms with Gasteiger partial charge in [-0.3, -0.25) is 14.5 Å². The van der Waals surface area contributed by atoms with Crippen LogP contribution in [0.5, 0.6) is 0 Å². The van der Waals surface area contributed by atoms with Crippen molar-refractivity contribution in [3.8, 4) is 0 Å². The molecule has 2 saturated heterocycles. The normalized spacial score (nSPS) is 27.2. The molecule has 19 heavy (non-hydrogen) atoms. The van der Waals surface area contributed by atoms with Crippen molar-refractivity contribution in [1.82, 2.24) is 20.4 Å². The molecule has 6 heteroatoms. The number of nitrogens with one attached hydrogen (secondary N) is 2. The second-order valence-corrected chi connectivity index (χ2v) is 5.48. The number of rotatable bonds is 3. The van der Waals surface area contributed by atoms with Crippen LogP contribution < -0.4 is 10.6 Å². The Kier molecular flexibility index (Phi) is 4.76. The lowest BCUT2D eigenvalue weighted by Gasteiger charge is -2.34. The Bertz CT molecular complexity index is 342. The van der Waals surface area contributed by atoms with Crippen LogP contribution in [0.2, 0.25) is 0 Å². The van der Waals surface area contributed by atoms with Gasteiger partial charge in [0.05, 0.1) is 6.04 Å². The topological polar surface area (TPSA) is 64.7 Å². The summed E-state index contributed by atoms with van der Waals surface area (Å²) in [5.74, 6) is 0.246. The van der Waals surface area contributed by atoms with Gasteiger partial charge in [0.2, 0.25) is 11.8 Å². The van der Waals surface area contributed by atoms with Gasteiger partial charge in [0.25, 0.3) is 0 Å². The largest absolute Gasteiger partial charge is 0.350 e. The third kappa shape index (κ3) is 3.67. The average Bonchev–Trinajstić information content (AvgIpc) is 2.43. The molecule has 2 amide bonds. The maximum absolute atomic E-state index is 12.2. The van der Waals surface area contributed by atoms with Crippen molar-refractivity contribution in [3.63, 3.8) is 0 Å². The molecule has 0 aromatic rings. The monoisotopic (exact) mass is 268 g/mol. The molecule has 2 fully saturated rings. The highest BCUT2D eigenvalue weighted by molar-refractivity contribution is 5.82. The lowest BCUT2D eigenvalue weighted by atomic mass is 10.1. The van der Waals surface area contributed by atoms with E-state index in [0.717, 1.165) is 32.6 Å². The first-order valence-corrected chi connectivity index (χ1v) is 7.07. The summed E-state index contributed by atoms with van der Waals surface area (Å²) in [6.45, 7) is 6.29. The molecule has 2 rings (SSSR count). The van der Waals surface area contributed by atoms with Crippen molar-refractivity contribution in [2.45, 2.75) is 31.8 Å². The van der Waals surface area contributed by atoms with Crippen LogP contribution in [-0.4, -0.2) is 73.5 Å². The van der Waals surface area contributed by atoms with Gasteiger partial charge in [-0.15, -0.1) is 0 Å². The number of piperidine rings is 1. The zero-order chi connectivity index (χ0) is 13.8. The van der Waals surface area contributed by atoms with Crippen molar-refractivity contribution >= 4 is 11.8 Å². The van der Waals surface area contributed by atoms with Crippen molar-refractivity contribution in [2.24, 2.45) is 0 Å². The number of carbonyl (C=O) groups is 2. The Morgan fingerprint density at radius 1 is 1.42 bits per heavy atom. The molecule has 2 aliphatic heterocycles. The Balaban J connectivity index is 1.81. The van der Waals surface area contributed by atoms with Gasteiger partial charge in [-0.2, -0.15) is 0 Å². The van der Waals surface area contributed by atoms with E-state index >= 15 is 0 Å². The van der Waals surface area contributed by atoms with Gasteiger partial charge in [-0.1, -0.05) is 0 Å². The summed E-state index contributed by atoms with van der Waals surface area (Å²) in [4.78, 5) is 27.5. The average molecular weight is 268 g/mol. The van der Waals surface area contributed by atoms with Crippen LogP contribution in [-0.2, 0) is 9.59 Å². The van der Waals surface area contributed by atoms with E-state index in [1.165, 1.54) is 0 Å². The van der Waals surface area contributed by atoms with Crippen LogP contribution in [0.4, 0.5) is 0 Å². The van der Waals surface area contributed by atoms with E-state index in [-0.39, 0.29) is 23.9 Å². The van der Waals surface area contributed by atoms with E-state index in [1.54, 1.807) is 11.9 Å². The van der Waals surface area contributed by atoms with Crippen molar-refractivity contribution < 1.29 is 9.59 Å². The number of carbonyl (C=O) groups excluding carboxylic acids is 2. The standard InChI is InChI=1S/C13H24N4O2/c1-10(17-7-5-14-6-8-17)13(19)15-11-3-4-12(18)16(2)9-11/h10-11,14H,3-9H2,1-2H3,(H,15,19). The molecule has 2 N–H and O–H groups in total. The number of piperazine rings is 1. The van der Waals surface area contributed by atoms with E-state index < -0.39 is 0 Å². The van der Waals surface area contributed by atoms with Crippen LogP contribution in [0.3, 0.4) is 0 Å². The van der Waals surface area contributed by atoms with E-state index in [9.17, 15) is 9.59 Å². The summed E-state index contributed by atoms with van der Waals surface area (Å²) in [6, 6.07) is 0.00518. The third-order valence-electron chi connectivity index (χ3n) is 4.05. The highest BCUT2D eigenvalue weighted by Gasteiger charge is 2.28. The van der Waals surface area contributed by atoms with Crippen LogP contribution in [0.25, 0.3) is 0 Å².